The van der Waals surface area contributed by atoms with Crippen molar-refractivity contribution in [3.8, 4) is 0 Å². The molecule has 104 valence electrons. The van der Waals surface area contributed by atoms with Gasteiger partial charge in [-0.1, -0.05) is 11.6 Å². The van der Waals surface area contributed by atoms with E-state index in [4.69, 9.17) is 11.6 Å². The van der Waals surface area contributed by atoms with E-state index in [1.165, 1.54) is 19.2 Å². The largest absolute Gasteiger partial charge is 0.330 e. The van der Waals surface area contributed by atoms with E-state index in [1.807, 2.05) is 5.32 Å². The van der Waals surface area contributed by atoms with Crippen molar-refractivity contribution >= 4 is 41.0 Å². The number of hydrogen-bond acceptors (Lipinski definition) is 4. The molecule has 0 aromatic heterocycles. The van der Waals surface area contributed by atoms with Crippen LogP contribution in [0.3, 0.4) is 0 Å². The van der Waals surface area contributed by atoms with Crippen molar-refractivity contribution in [1.82, 2.24) is 10.2 Å². The molecule has 0 aliphatic carbocycles. The van der Waals surface area contributed by atoms with Gasteiger partial charge in [-0.15, -0.1) is 0 Å². The molecule has 1 saturated heterocycles. The highest BCUT2D eigenvalue weighted by Crippen LogP contribution is 2.16. The molecule has 0 saturated carbocycles. The van der Waals surface area contributed by atoms with Gasteiger partial charge in [-0.2, -0.15) is 0 Å². The number of nitrogens with one attached hydrogen (secondary N) is 2. The molecule has 5 amide bonds. The molecule has 0 spiro atoms. The summed E-state index contributed by atoms with van der Waals surface area (Å²) in [5, 5.41) is 4.83. The Bertz CT molecular complexity index is 599. The lowest BCUT2D eigenvalue weighted by molar-refractivity contribution is -0.145. The summed E-state index contributed by atoms with van der Waals surface area (Å²) in [6.07, 6.45) is 0. The first-order chi connectivity index (χ1) is 9.40. The first-order valence-corrected chi connectivity index (χ1v) is 5.97. The summed E-state index contributed by atoms with van der Waals surface area (Å²) >= 11 is 5.70. The zero-order chi connectivity index (χ0) is 14.9. The molecule has 1 aliphatic rings. The van der Waals surface area contributed by atoms with Crippen molar-refractivity contribution in [1.29, 1.82) is 0 Å². The van der Waals surface area contributed by atoms with Crippen molar-refractivity contribution in [3.63, 3.8) is 0 Å². The zero-order valence-electron chi connectivity index (χ0n) is 10.3. The molecule has 1 heterocycles. The third kappa shape index (κ3) is 2.62. The molecule has 8 heteroatoms. The van der Waals surface area contributed by atoms with Crippen LogP contribution in [0, 0.1) is 5.92 Å². The van der Waals surface area contributed by atoms with Crippen molar-refractivity contribution < 1.29 is 19.2 Å². The van der Waals surface area contributed by atoms with Crippen LogP contribution in [0.4, 0.5) is 10.5 Å². The Morgan fingerprint density at radius 3 is 2.45 bits per heavy atom. The van der Waals surface area contributed by atoms with Gasteiger partial charge >= 0.3 is 6.03 Å². The van der Waals surface area contributed by atoms with Crippen LogP contribution >= 0.6 is 11.6 Å². The lowest BCUT2D eigenvalue weighted by Gasteiger charge is -2.26. The Balaban J connectivity index is 2.16. The Labute approximate surface area is 118 Å². The first kappa shape index (κ1) is 14.0. The van der Waals surface area contributed by atoms with E-state index < -0.39 is 29.7 Å². The van der Waals surface area contributed by atoms with E-state index in [9.17, 15) is 19.2 Å². The monoisotopic (exact) mass is 295 g/mol. The first-order valence-electron chi connectivity index (χ1n) is 5.59. The minimum absolute atomic E-state index is 0.388. The number of benzene rings is 1. The van der Waals surface area contributed by atoms with Gasteiger partial charge in [-0.25, -0.2) is 4.79 Å². The number of imide groups is 2. The standard InChI is InChI=1S/C12H10ClN3O4/c1-16-11(19)8(10(18)15-12(16)20)9(17)14-7-4-2-6(13)3-5-7/h2-5,8H,1H3,(H,14,17)(H,15,18,20). The number of barbiturate groups is 1. The van der Waals surface area contributed by atoms with E-state index in [0.717, 1.165) is 0 Å². The van der Waals surface area contributed by atoms with Gasteiger partial charge in [-0.05, 0) is 24.3 Å². The highest BCUT2D eigenvalue weighted by Gasteiger charge is 2.43. The normalized spacial score (nSPS) is 18.8. The van der Waals surface area contributed by atoms with Crippen LogP contribution in [0.2, 0.25) is 5.02 Å². The number of hydrogen-bond donors (Lipinski definition) is 2. The van der Waals surface area contributed by atoms with Gasteiger partial charge in [0.25, 0.3) is 5.91 Å². The zero-order valence-corrected chi connectivity index (χ0v) is 11.1. The van der Waals surface area contributed by atoms with E-state index in [-0.39, 0.29) is 0 Å². The molecule has 1 aromatic rings. The summed E-state index contributed by atoms with van der Waals surface area (Å²) in [4.78, 5) is 47.2. The summed E-state index contributed by atoms with van der Waals surface area (Å²) < 4.78 is 0. The van der Waals surface area contributed by atoms with Gasteiger partial charge in [0.05, 0.1) is 0 Å². The van der Waals surface area contributed by atoms with Crippen LogP contribution < -0.4 is 10.6 Å². The third-order valence-electron chi connectivity index (χ3n) is 2.75. The molecule has 2 rings (SSSR count). The molecule has 20 heavy (non-hydrogen) atoms. The second-order valence-electron chi connectivity index (χ2n) is 4.12. The van der Waals surface area contributed by atoms with Gasteiger partial charge in [0, 0.05) is 17.8 Å². The van der Waals surface area contributed by atoms with E-state index in [1.54, 1.807) is 12.1 Å². The number of urea groups is 1. The van der Waals surface area contributed by atoms with Crippen LogP contribution in [0.5, 0.6) is 0 Å². The van der Waals surface area contributed by atoms with Gasteiger partial charge in [0.1, 0.15) is 0 Å². The molecular weight excluding hydrogens is 286 g/mol. The van der Waals surface area contributed by atoms with Crippen LogP contribution in [-0.4, -0.2) is 35.7 Å². The number of carbonyl (C=O) groups excluding carboxylic acids is 4. The third-order valence-corrected chi connectivity index (χ3v) is 3.00. The number of amides is 5. The Morgan fingerprint density at radius 2 is 1.85 bits per heavy atom. The van der Waals surface area contributed by atoms with Gasteiger partial charge in [0.2, 0.25) is 11.8 Å². The fourth-order valence-electron chi connectivity index (χ4n) is 1.65. The van der Waals surface area contributed by atoms with Crippen LogP contribution in [-0.2, 0) is 14.4 Å². The summed E-state index contributed by atoms with van der Waals surface area (Å²) in [6.45, 7) is 0. The van der Waals surface area contributed by atoms with Gasteiger partial charge < -0.3 is 5.32 Å². The van der Waals surface area contributed by atoms with Crippen LogP contribution in [0.25, 0.3) is 0 Å². The lowest BCUT2D eigenvalue weighted by atomic mass is 10.0. The topological polar surface area (TPSA) is 95.6 Å². The maximum Gasteiger partial charge on any atom is 0.330 e. The van der Waals surface area contributed by atoms with Crippen molar-refractivity contribution in [2.24, 2.45) is 5.92 Å². The van der Waals surface area contributed by atoms with Crippen LogP contribution in [0.15, 0.2) is 24.3 Å². The maximum atomic E-state index is 12.0. The van der Waals surface area contributed by atoms with Gasteiger partial charge in [0.15, 0.2) is 5.92 Å². The smallest absolute Gasteiger partial charge is 0.325 e. The average molecular weight is 296 g/mol. The van der Waals surface area contributed by atoms with E-state index in [2.05, 4.69) is 5.32 Å². The Morgan fingerprint density at radius 1 is 1.25 bits per heavy atom. The molecule has 7 nitrogen and oxygen atoms in total. The summed E-state index contributed by atoms with van der Waals surface area (Å²) in [7, 11) is 1.19. The minimum Gasteiger partial charge on any atom is -0.325 e. The summed E-state index contributed by atoms with van der Waals surface area (Å²) in [5.41, 5.74) is 0.388. The molecule has 1 aliphatic heterocycles. The second kappa shape index (κ2) is 5.30. The Hall–Kier alpha value is -2.41. The molecule has 1 fully saturated rings. The lowest BCUT2D eigenvalue weighted by Crippen LogP contribution is -2.59. The van der Waals surface area contributed by atoms with E-state index in [0.29, 0.717) is 15.6 Å². The second-order valence-corrected chi connectivity index (χ2v) is 4.56. The molecule has 1 unspecified atom stereocenters. The van der Waals surface area contributed by atoms with Crippen molar-refractivity contribution in [2.75, 3.05) is 12.4 Å². The van der Waals surface area contributed by atoms with E-state index >= 15 is 0 Å². The number of halogens is 1. The van der Waals surface area contributed by atoms with Crippen LogP contribution in [0.1, 0.15) is 0 Å². The molecule has 0 bridgehead atoms. The number of anilines is 1. The highest BCUT2D eigenvalue weighted by molar-refractivity contribution is 6.31. The number of nitrogens with zero attached hydrogens (tertiary/aromatic N) is 1. The average Bonchev–Trinajstić information content (AvgIpc) is 2.39. The van der Waals surface area contributed by atoms with Gasteiger partial charge in [-0.3, -0.25) is 24.6 Å². The molecule has 2 N–H and O–H groups in total. The fraction of sp³-hybridized carbons (Fsp3) is 0.167. The predicted octanol–water partition coefficient (Wildman–Crippen LogP) is 0.603. The molecule has 1 aromatic carbocycles. The molecule has 1 atom stereocenters. The fourth-order valence-corrected chi connectivity index (χ4v) is 1.77. The SMILES string of the molecule is CN1C(=O)NC(=O)C(C(=O)Nc2ccc(Cl)cc2)C1=O. The predicted molar refractivity (Wildman–Crippen MR) is 69.9 cm³/mol. The van der Waals surface area contributed by atoms with Crippen molar-refractivity contribution in [3.05, 3.63) is 29.3 Å². The molecule has 0 radical (unpaired) electrons. The minimum atomic E-state index is -1.59. The maximum absolute atomic E-state index is 12.0. The highest BCUT2D eigenvalue weighted by atomic mass is 35.5. The van der Waals surface area contributed by atoms with Crippen molar-refractivity contribution in [2.45, 2.75) is 0 Å². The molecular formula is C12H10ClN3O4. The number of carbonyl (C=O) groups is 4. The summed E-state index contributed by atoms with van der Waals surface area (Å²) in [6, 6.07) is 5.31. The quantitative estimate of drug-likeness (QED) is 0.781. The number of rotatable bonds is 2. The Kier molecular flexibility index (Phi) is 3.71. The summed E-state index contributed by atoms with van der Waals surface area (Å²) in [5.74, 6) is -4.21.